The first-order valence-corrected chi connectivity index (χ1v) is 5.95. The van der Waals surface area contributed by atoms with Crippen LogP contribution in [0.1, 0.15) is 27.7 Å². The van der Waals surface area contributed by atoms with Gasteiger partial charge in [-0.1, -0.05) is 28.3 Å². The minimum atomic E-state index is -0.500. The smallest absolute Gasteiger partial charge is 0.0954 e. The van der Waals surface area contributed by atoms with E-state index >= 15 is 0 Å². The molecule has 1 heterocycles. The molecule has 0 bridgehead atoms. The average molecular weight is 234 g/mol. The second-order valence-electron chi connectivity index (χ2n) is 3.97. The van der Waals surface area contributed by atoms with E-state index in [1.54, 1.807) is 6.20 Å². The molecule has 84 valence electrons. The maximum absolute atomic E-state index is 10.0. The topological polar surface area (TPSA) is 46.0 Å². The van der Waals surface area contributed by atoms with Gasteiger partial charge >= 0.3 is 0 Å². The van der Waals surface area contributed by atoms with Crippen LogP contribution in [0.4, 0.5) is 0 Å². The SMILES string of the molecule is Cc1ccc(C)c(CC(O)c2cnns2)c1. The first-order chi connectivity index (χ1) is 7.66. The van der Waals surface area contributed by atoms with E-state index in [-0.39, 0.29) is 0 Å². The van der Waals surface area contributed by atoms with Crippen LogP contribution in [0.15, 0.2) is 24.4 Å². The van der Waals surface area contributed by atoms with Crippen LogP contribution in [0.25, 0.3) is 0 Å². The zero-order valence-electron chi connectivity index (χ0n) is 9.34. The second-order valence-corrected chi connectivity index (χ2v) is 4.79. The maximum atomic E-state index is 10.0. The maximum Gasteiger partial charge on any atom is 0.0954 e. The quantitative estimate of drug-likeness (QED) is 0.887. The van der Waals surface area contributed by atoms with Crippen molar-refractivity contribution in [3.63, 3.8) is 0 Å². The van der Waals surface area contributed by atoms with Gasteiger partial charge in [0.25, 0.3) is 0 Å². The Labute approximate surface area is 98.9 Å². The lowest BCUT2D eigenvalue weighted by Gasteiger charge is -2.10. The standard InChI is InChI=1S/C12H14N2OS/c1-8-3-4-9(2)10(5-8)6-11(15)12-7-13-14-16-12/h3-5,7,11,15H,6H2,1-2H3. The molecule has 0 radical (unpaired) electrons. The Morgan fingerprint density at radius 1 is 1.38 bits per heavy atom. The van der Waals surface area contributed by atoms with Crippen LogP contribution in [0.2, 0.25) is 0 Å². The van der Waals surface area contributed by atoms with Crippen LogP contribution in [0, 0.1) is 13.8 Å². The molecule has 0 aliphatic heterocycles. The Balaban J connectivity index is 2.17. The Bertz CT molecular complexity index is 468. The highest BCUT2D eigenvalue weighted by molar-refractivity contribution is 7.05. The molecule has 1 N–H and O–H groups in total. The summed E-state index contributed by atoms with van der Waals surface area (Å²) in [5.41, 5.74) is 3.61. The lowest BCUT2D eigenvalue weighted by Crippen LogP contribution is -2.01. The molecule has 1 aromatic heterocycles. The monoisotopic (exact) mass is 234 g/mol. The summed E-state index contributed by atoms with van der Waals surface area (Å²) in [6.45, 7) is 4.12. The van der Waals surface area contributed by atoms with Gasteiger partial charge in [0.1, 0.15) is 0 Å². The van der Waals surface area contributed by atoms with Crippen LogP contribution >= 0.6 is 11.5 Å². The van der Waals surface area contributed by atoms with E-state index in [9.17, 15) is 5.11 Å². The molecule has 16 heavy (non-hydrogen) atoms. The third-order valence-electron chi connectivity index (χ3n) is 2.62. The van der Waals surface area contributed by atoms with Gasteiger partial charge in [0, 0.05) is 6.42 Å². The van der Waals surface area contributed by atoms with Crippen molar-refractivity contribution in [3.05, 3.63) is 46.0 Å². The summed E-state index contributed by atoms with van der Waals surface area (Å²) in [5, 5.41) is 13.7. The number of rotatable bonds is 3. The largest absolute Gasteiger partial charge is 0.387 e. The Morgan fingerprint density at radius 2 is 2.19 bits per heavy atom. The van der Waals surface area contributed by atoms with Gasteiger partial charge < -0.3 is 5.11 Å². The molecule has 0 saturated carbocycles. The molecule has 1 atom stereocenters. The number of aliphatic hydroxyl groups excluding tert-OH is 1. The highest BCUT2D eigenvalue weighted by Gasteiger charge is 2.12. The molecule has 2 aromatic rings. The van der Waals surface area contributed by atoms with Crippen LogP contribution in [0.3, 0.4) is 0 Å². The number of benzene rings is 1. The highest BCUT2D eigenvalue weighted by Crippen LogP contribution is 2.22. The average Bonchev–Trinajstić information content (AvgIpc) is 2.76. The lowest BCUT2D eigenvalue weighted by atomic mass is 10.00. The Hall–Kier alpha value is -1.26. The molecule has 0 spiro atoms. The van der Waals surface area contributed by atoms with Crippen LogP contribution in [-0.4, -0.2) is 14.7 Å². The van der Waals surface area contributed by atoms with Gasteiger partial charge in [0.15, 0.2) is 0 Å². The minimum absolute atomic E-state index is 0.500. The van der Waals surface area contributed by atoms with Crippen molar-refractivity contribution in [1.29, 1.82) is 0 Å². The number of aliphatic hydroxyl groups is 1. The van der Waals surface area contributed by atoms with Crippen molar-refractivity contribution in [2.24, 2.45) is 0 Å². The normalized spacial score (nSPS) is 12.7. The molecule has 0 aliphatic rings. The van der Waals surface area contributed by atoms with Crippen molar-refractivity contribution in [2.45, 2.75) is 26.4 Å². The lowest BCUT2D eigenvalue weighted by molar-refractivity contribution is 0.182. The zero-order valence-corrected chi connectivity index (χ0v) is 10.2. The number of aromatic nitrogens is 2. The molecular weight excluding hydrogens is 220 g/mol. The second kappa shape index (κ2) is 4.72. The number of hydrogen-bond donors (Lipinski definition) is 1. The Morgan fingerprint density at radius 3 is 2.88 bits per heavy atom. The van der Waals surface area contributed by atoms with Gasteiger partial charge in [0.2, 0.25) is 0 Å². The summed E-state index contributed by atoms with van der Waals surface area (Å²) in [7, 11) is 0. The van der Waals surface area contributed by atoms with E-state index in [4.69, 9.17) is 0 Å². The molecular formula is C12H14N2OS. The fraction of sp³-hybridized carbons (Fsp3) is 0.333. The van der Waals surface area contributed by atoms with E-state index in [2.05, 4.69) is 41.6 Å². The van der Waals surface area contributed by atoms with Crippen molar-refractivity contribution >= 4 is 11.5 Å². The van der Waals surface area contributed by atoms with Gasteiger partial charge in [-0.3, -0.25) is 0 Å². The third kappa shape index (κ3) is 2.46. The summed E-state index contributed by atoms with van der Waals surface area (Å²) < 4.78 is 3.76. The minimum Gasteiger partial charge on any atom is -0.387 e. The molecule has 2 rings (SSSR count). The summed E-state index contributed by atoms with van der Waals surface area (Å²) in [6, 6.07) is 6.29. The van der Waals surface area contributed by atoms with Crippen LogP contribution in [0.5, 0.6) is 0 Å². The predicted octanol–water partition coefficient (Wildman–Crippen LogP) is 2.43. The van der Waals surface area contributed by atoms with E-state index in [0.717, 1.165) is 4.88 Å². The highest BCUT2D eigenvalue weighted by atomic mass is 32.1. The summed E-state index contributed by atoms with van der Waals surface area (Å²) in [5.74, 6) is 0. The molecule has 0 saturated heterocycles. The van der Waals surface area contributed by atoms with E-state index in [0.29, 0.717) is 6.42 Å². The van der Waals surface area contributed by atoms with E-state index in [1.165, 1.54) is 28.2 Å². The van der Waals surface area contributed by atoms with E-state index < -0.39 is 6.10 Å². The first kappa shape index (κ1) is 11.2. The molecule has 0 fully saturated rings. The van der Waals surface area contributed by atoms with Gasteiger partial charge in [-0.05, 0) is 36.5 Å². The van der Waals surface area contributed by atoms with Gasteiger partial charge in [-0.25, -0.2) is 0 Å². The first-order valence-electron chi connectivity index (χ1n) is 5.18. The van der Waals surface area contributed by atoms with Gasteiger partial charge in [-0.15, -0.1) is 5.10 Å². The fourth-order valence-electron chi connectivity index (χ4n) is 1.65. The molecule has 3 nitrogen and oxygen atoms in total. The van der Waals surface area contributed by atoms with Crippen LogP contribution < -0.4 is 0 Å². The number of aryl methyl sites for hydroxylation is 2. The zero-order chi connectivity index (χ0) is 11.5. The summed E-state index contributed by atoms with van der Waals surface area (Å²) >= 11 is 1.25. The molecule has 1 unspecified atom stereocenters. The number of nitrogens with zero attached hydrogens (tertiary/aromatic N) is 2. The van der Waals surface area contributed by atoms with Gasteiger partial charge in [0.05, 0.1) is 17.2 Å². The molecule has 1 aromatic carbocycles. The molecule has 0 amide bonds. The van der Waals surface area contributed by atoms with Crippen molar-refractivity contribution in [3.8, 4) is 0 Å². The van der Waals surface area contributed by atoms with Crippen molar-refractivity contribution in [2.75, 3.05) is 0 Å². The summed E-state index contributed by atoms with van der Waals surface area (Å²) in [6.07, 6.45) is 1.75. The van der Waals surface area contributed by atoms with Crippen LogP contribution in [-0.2, 0) is 6.42 Å². The third-order valence-corrected chi connectivity index (χ3v) is 3.39. The summed E-state index contributed by atoms with van der Waals surface area (Å²) in [4.78, 5) is 0.820. The van der Waals surface area contributed by atoms with Crippen molar-refractivity contribution < 1.29 is 5.11 Å². The van der Waals surface area contributed by atoms with E-state index in [1.807, 2.05) is 0 Å². The molecule has 4 heteroatoms. The Kier molecular flexibility index (Phi) is 3.31. The van der Waals surface area contributed by atoms with Crippen molar-refractivity contribution in [1.82, 2.24) is 9.59 Å². The fourth-order valence-corrected chi connectivity index (χ4v) is 2.14. The van der Waals surface area contributed by atoms with Gasteiger partial charge in [-0.2, -0.15) is 0 Å². The predicted molar refractivity (Wildman–Crippen MR) is 64.5 cm³/mol. The molecule has 0 aliphatic carbocycles. The number of hydrogen-bond acceptors (Lipinski definition) is 4.